The Morgan fingerprint density at radius 1 is 1.08 bits per heavy atom. The molecule has 0 spiro atoms. The first-order chi connectivity index (χ1) is 5.39. The molecule has 0 aliphatic heterocycles. The van der Waals surface area contributed by atoms with Gasteiger partial charge in [0.05, 0.1) is 0 Å². The zero-order valence-corrected chi connectivity index (χ0v) is 7.32. The molecule has 7 N–H and O–H groups in total. The third-order valence-electron chi connectivity index (χ3n) is 0.756. The van der Waals surface area contributed by atoms with Gasteiger partial charge in [0.2, 0.25) is 0 Å². The first-order valence-corrected chi connectivity index (χ1v) is 5.01. The van der Waals surface area contributed by atoms with Gasteiger partial charge in [0.1, 0.15) is 5.75 Å². The Morgan fingerprint density at radius 3 is 1.58 bits per heavy atom. The molecular formula is C6H12N3O2P. The molecule has 6 heteroatoms. The molecule has 0 unspecified atom stereocenters. The maximum atomic E-state index is 9.55. The van der Waals surface area contributed by atoms with E-state index < -0.39 is 7.59 Å². The van der Waals surface area contributed by atoms with Gasteiger partial charge in [-0.05, 0) is 12.1 Å². The van der Waals surface area contributed by atoms with E-state index in [-0.39, 0.29) is 0 Å². The van der Waals surface area contributed by atoms with Gasteiger partial charge in [-0.1, -0.05) is 18.2 Å². The van der Waals surface area contributed by atoms with Crippen molar-refractivity contribution in [2.75, 3.05) is 0 Å². The van der Waals surface area contributed by atoms with Crippen molar-refractivity contribution in [3.05, 3.63) is 30.3 Å². The van der Waals surface area contributed by atoms with Gasteiger partial charge in [0.25, 0.3) is 7.59 Å². The predicted molar refractivity (Wildman–Crippen MR) is 48.3 cm³/mol. The summed E-state index contributed by atoms with van der Waals surface area (Å²) >= 11 is 0. The van der Waals surface area contributed by atoms with E-state index in [4.69, 9.17) is 5.11 Å². The molecule has 12 heavy (non-hydrogen) atoms. The van der Waals surface area contributed by atoms with Gasteiger partial charge in [-0.3, -0.25) is 21.1 Å². The fraction of sp³-hybridized carbons (Fsp3) is 0. The van der Waals surface area contributed by atoms with Crippen molar-refractivity contribution in [2.45, 2.75) is 0 Å². The summed E-state index contributed by atoms with van der Waals surface area (Å²) in [5.74, 6) is 0.322. The van der Waals surface area contributed by atoms with Gasteiger partial charge in [0.15, 0.2) is 0 Å². The molecule has 0 radical (unpaired) electrons. The van der Waals surface area contributed by atoms with E-state index in [0.29, 0.717) is 5.75 Å². The van der Waals surface area contributed by atoms with E-state index in [2.05, 4.69) is 16.5 Å². The number of nitrogens with two attached hydrogens (primary N) is 3. The number of benzene rings is 1. The molecule has 0 amide bonds. The lowest BCUT2D eigenvalue weighted by atomic mass is 10.3. The second-order valence-corrected chi connectivity index (χ2v) is 3.63. The maximum Gasteiger partial charge on any atom is 0.271 e. The Hall–Kier alpha value is -0.870. The van der Waals surface area contributed by atoms with E-state index in [9.17, 15) is 4.57 Å². The molecule has 0 fully saturated rings. The molecule has 68 valence electrons. The molecule has 0 bridgehead atoms. The lowest BCUT2D eigenvalue weighted by molar-refractivity contribution is 0.475. The monoisotopic (exact) mass is 189 g/mol. The molecule has 0 saturated heterocycles. The summed E-state index contributed by atoms with van der Waals surface area (Å²) in [6.45, 7) is 0. The van der Waals surface area contributed by atoms with Crippen LogP contribution in [0.25, 0.3) is 0 Å². The predicted octanol–water partition coefficient (Wildman–Crippen LogP) is 0.363. The molecule has 0 aliphatic rings. The summed E-state index contributed by atoms with van der Waals surface area (Å²) in [6.07, 6.45) is 0. The number of hydrogen-bond donors (Lipinski definition) is 4. The maximum absolute atomic E-state index is 9.55. The minimum atomic E-state index is -3.14. The Morgan fingerprint density at radius 2 is 1.42 bits per heavy atom. The number of rotatable bonds is 0. The van der Waals surface area contributed by atoms with Gasteiger partial charge in [-0.25, -0.2) is 0 Å². The van der Waals surface area contributed by atoms with Crippen LogP contribution in [0.4, 0.5) is 0 Å². The lowest BCUT2D eigenvalue weighted by Gasteiger charge is -1.88. The highest BCUT2D eigenvalue weighted by atomic mass is 31.2. The molecule has 0 saturated carbocycles. The van der Waals surface area contributed by atoms with Crippen LogP contribution < -0.4 is 16.5 Å². The molecule has 1 aromatic rings. The van der Waals surface area contributed by atoms with Gasteiger partial charge in [-0.2, -0.15) is 0 Å². The number of hydrogen-bond acceptors (Lipinski definition) is 2. The number of aromatic hydroxyl groups is 1. The SMILES string of the molecule is NP(N)(N)=O.Oc1ccccc1. The van der Waals surface area contributed by atoms with Crippen molar-refractivity contribution in [2.24, 2.45) is 16.5 Å². The van der Waals surface area contributed by atoms with Crippen LogP contribution in [0, 0.1) is 0 Å². The van der Waals surface area contributed by atoms with Crippen molar-refractivity contribution in [3.8, 4) is 5.75 Å². The Balaban J connectivity index is 0.000000217. The number of phenols is 1. The molecule has 1 rings (SSSR count). The number of phenolic OH excluding ortho intramolecular Hbond substituents is 1. The zero-order valence-electron chi connectivity index (χ0n) is 6.42. The first kappa shape index (κ1) is 11.1. The fourth-order valence-electron chi connectivity index (χ4n) is 0.428. The molecule has 5 nitrogen and oxygen atoms in total. The average molecular weight is 189 g/mol. The third kappa shape index (κ3) is 11.9. The van der Waals surface area contributed by atoms with Crippen LogP contribution >= 0.6 is 7.59 Å². The lowest BCUT2D eigenvalue weighted by Crippen LogP contribution is -2.12. The van der Waals surface area contributed by atoms with Gasteiger partial charge in [-0.15, -0.1) is 0 Å². The quantitative estimate of drug-likeness (QED) is 0.440. The van der Waals surface area contributed by atoms with Crippen LogP contribution in [0.1, 0.15) is 0 Å². The smallest absolute Gasteiger partial charge is 0.271 e. The Kier molecular flexibility index (Phi) is 4.54. The van der Waals surface area contributed by atoms with Crippen LogP contribution in [-0.2, 0) is 4.57 Å². The Bertz CT molecular complexity index is 250. The van der Waals surface area contributed by atoms with Crippen LogP contribution in [-0.4, -0.2) is 5.11 Å². The summed E-state index contributed by atoms with van der Waals surface area (Å²) in [7, 11) is -3.14. The first-order valence-electron chi connectivity index (χ1n) is 3.09. The minimum absolute atomic E-state index is 0.322. The van der Waals surface area contributed by atoms with E-state index in [0.717, 1.165) is 0 Å². The van der Waals surface area contributed by atoms with Crippen molar-refractivity contribution < 1.29 is 9.67 Å². The van der Waals surface area contributed by atoms with Crippen molar-refractivity contribution in [1.29, 1.82) is 0 Å². The van der Waals surface area contributed by atoms with Gasteiger partial charge in [0, 0.05) is 0 Å². The molecule has 0 heterocycles. The average Bonchev–Trinajstić information content (AvgIpc) is 1.85. The Labute approximate surface area is 70.7 Å². The highest BCUT2D eigenvalue weighted by Gasteiger charge is 1.90. The van der Waals surface area contributed by atoms with Crippen molar-refractivity contribution in [1.82, 2.24) is 0 Å². The van der Waals surface area contributed by atoms with Crippen LogP contribution in [0.3, 0.4) is 0 Å². The number of para-hydroxylation sites is 1. The summed E-state index contributed by atoms with van der Waals surface area (Å²) < 4.78 is 9.55. The van der Waals surface area contributed by atoms with E-state index in [1.165, 1.54) is 0 Å². The molecule has 0 aliphatic carbocycles. The summed E-state index contributed by atoms with van der Waals surface area (Å²) in [5.41, 5.74) is 13.4. The summed E-state index contributed by atoms with van der Waals surface area (Å²) in [6, 6.07) is 8.71. The van der Waals surface area contributed by atoms with Crippen molar-refractivity contribution in [3.63, 3.8) is 0 Å². The van der Waals surface area contributed by atoms with E-state index in [1.54, 1.807) is 24.3 Å². The van der Waals surface area contributed by atoms with Crippen LogP contribution in [0.2, 0.25) is 0 Å². The second-order valence-electron chi connectivity index (χ2n) is 2.10. The second kappa shape index (κ2) is 4.90. The molecule has 0 aromatic heterocycles. The molecular weight excluding hydrogens is 177 g/mol. The minimum Gasteiger partial charge on any atom is -0.508 e. The summed E-state index contributed by atoms with van der Waals surface area (Å²) in [4.78, 5) is 0. The topological polar surface area (TPSA) is 115 Å². The zero-order chi connectivity index (χ0) is 9.61. The van der Waals surface area contributed by atoms with Gasteiger partial charge >= 0.3 is 0 Å². The third-order valence-corrected chi connectivity index (χ3v) is 0.756. The largest absolute Gasteiger partial charge is 0.508 e. The standard InChI is InChI=1S/C6H6O.H6N3OP/c7-6-4-2-1-3-5-6;1-5(2,3)4/h1-5,7H;(H6,1,2,3,4). The normalized spacial score (nSPS) is 9.92. The van der Waals surface area contributed by atoms with E-state index in [1.807, 2.05) is 6.07 Å². The van der Waals surface area contributed by atoms with Crippen LogP contribution in [0.15, 0.2) is 30.3 Å². The van der Waals surface area contributed by atoms with Crippen LogP contribution in [0.5, 0.6) is 5.75 Å². The van der Waals surface area contributed by atoms with Gasteiger partial charge < -0.3 is 5.11 Å². The van der Waals surface area contributed by atoms with Crippen molar-refractivity contribution >= 4 is 7.59 Å². The fourth-order valence-corrected chi connectivity index (χ4v) is 0.428. The molecule has 0 atom stereocenters. The highest BCUT2D eigenvalue weighted by Crippen LogP contribution is 2.06. The highest BCUT2D eigenvalue weighted by molar-refractivity contribution is 7.56. The summed E-state index contributed by atoms with van der Waals surface area (Å²) in [5, 5.41) is 8.63. The van der Waals surface area contributed by atoms with E-state index >= 15 is 0 Å². The molecule has 1 aromatic carbocycles.